The largest absolute Gasteiger partial charge is 0.477 e. The van der Waals surface area contributed by atoms with Crippen molar-refractivity contribution in [3.63, 3.8) is 0 Å². The van der Waals surface area contributed by atoms with E-state index in [1.165, 1.54) is 6.20 Å². The summed E-state index contributed by atoms with van der Waals surface area (Å²) >= 11 is 0. The van der Waals surface area contributed by atoms with Crippen LogP contribution in [0.25, 0.3) is 22.0 Å². The highest BCUT2D eigenvalue weighted by Crippen LogP contribution is 2.22. The summed E-state index contributed by atoms with van der Waals surface area (Å²) in [4.78, 5) is 23.5. The van der Waals surface area contributed by atoms with Gasteiger partial charge in [-0.3, -0.25) is 4.79 Å². The van der Waals surface area contributed by atoms with Crippen LogP contribution >= 0.6 is 0 Å². The molecule has 1 N–H and O–H groups in total. The molecule has 0 radical (unpaired) electrons. The molecular weight excluding hydrogens is 266 g/mol. The van der Waals surface area contributed by atoms with Gasteiger partial charge in [0.25, 0.3) is 0 Å². The van der Waals surface area contributed by atoms with E-state index >= 15 is 0 Å². The van der Waals surface area contributed by atoms with Crippen molar-refractivity contribution < 1.29 is 9.90 Å². The molecule has 0 atom stereocenters. The molecule has 0 amide bonds. The van der Waals surface area contributed by atoms with Crippen LogP contribution in [0.3, 0.4) is 0 Å². The molecular formula is C17H13NO3. The molecule has 0 aliphatic rings. The number of aromatic nitrogens is 1. The highest BCUT2D eigenvalue weighted by molar-refractivity contribution is 5.93. The molecule has 1 aromatic heterocycles. The van der Waals surface area contributed by atoms with Crippen molar-refractivity contribution in [2.24, 2.45) is 7.05 Å². The Kier molecular flexibility index (Phi) is 3.06. The van der Waals surface area contributed by atoms with Crippen molar-refractivity contribution in [1.29, 1.82) is 0 Å². The summed E-state index contributed by atoms with van der Waals surface area (Å²) in [5.41, 5.74) is 1.93. The number of benzene rings is 2. The van der Waals surface area contributed by atoms with Crippen molar-refractivity contribution in [1.82, 2.24) is 4.57 Å². The minimum atomic E-state index is -1.21. The third-order valence-corrected chi connectivity index (χ3v) is 3.53. The molecule has 4 nitrogen and oxygen atoms in total. The molecule has 2 aromatic carbocycles. The number of hydrogen-bond donors (Lipinski definition) is 1. The third-order valence-electron chi connectivity index (χ3n) is 3.53. The van der Waals surface area contributed by atoms with E-state index in [-0.39, 0.29) is 5.56 Å². The first-order chi connectivity index (χ1) is 10.1. The number of fused-ring (bicyclic) bond motifs is 1. The van der Waals surface area contributed by atoms with E-state index in [1.807, 2.05) is 42.5 Å². The highest BCUT2D eigenvalue weighted by Gasteiger charge is 2.13. The Bertz CT molecular complexity index is 895. The lowest BCUT2D eigenvalue weighted by Crippen LogP contribution is -2.17. The molecule has 3 rings (SSSR count). The van der Waals surface area contributed by atoms with Gasteiger partial charge in [-0.2, -0.15) is 0 Å². The first-order valence-corrected chi connectivity index (χ1v) is 6.50. The molecule has 0 aliphatic heterocycles. The minimum Gasteiger partial charge on any atom is -0.477 e. The van der Waals surface area contributed by atoms with E-state index in [0.717, 1.165) is 11.1 Å². The van der Waals surface area contributed by atoms with E-state index in [0.29, 0.717) is 10.9 Å². The van der Waals surface area contributed by atoms with Crippen LogP contribution in [0.2, 0.25) is 0 Å². The average Bonchev–Trinajstić information content (AvgIpc) is 2.51. The Morgan fingerprint density at radius 2 is 1.76 bits per heavy atom. The second kappa shape index (κ2) is 4.90. The number of carboxylic acid groups (broad SMARTS) is 1. The molecule has 0 spiro atoms. The van der Waals surface area contributed by atoms with Gasteiger partial charge in [0.15, 0.2) is 0 Å². The Hall–Kier alpha value is -2.88. The summed E-state index contributed by atoms with van der Waals surface area (Å²) in [6, 6.07) is 15.2. The second-order valence-electron chi connectivity index (χ2n) is 4.89. The molecule has 0 unspecified atom stereocenters. The monoisotopic (exact) mass is 279 g/mol. The Labute approximate surface area is 120 Å². The minimum absolute atomic E-state index is 0.213. The molecule has 1 heterocycles. The number of aromatic carboxylic acids is 1. The summed E-state index contributed by atoms with van der Waals surface area (Å²) in [6.45, 7) is 0. The first kappa shape index (κ1) is 13.1. The van der Waals surface area contributed by atoms with Crippen LogP contribution < -0.4 is 5.43 Å². The zero-order valence-electron chi connectivity index (χ0n) is 11.4. The van der Waals surface area contributed by atoms with Crippen molar-refractivity contribution in [3.8, 4) is 11.1 Å². The molecule has 104 valence electrons. The van der Waals surface area contributed by atoms with Crippen LogP contribution in [0.4, 0.5) is 0 Å². The Morgan fingerprint density at radius 1 is 1.05 bits per heavy atom. The van der Waals surface area contributed by atoms with E-state index in [2.05, 4.69) is 0 Å². The third kappa shape index (κ3) is 2.21. The fourth-order valence-electron chi connectivity index (χ4n) is 2.45. The van der Waals surface area contributed by atoms with Crippen molar-refractivity contribution in [3.05, 3.63) is 70.5 Å². The maximum absolute atomic E-state index is 12.3. The lowest BCUT2D eigenvalue weighted by Gasteiger charge is -2.09. The fourth-order valence-corrected chi connectivity index (χ4v) is 2.45. The predicted octanol–water partition coefficient (Wildman–Crippen LogP) is 2.90. The standard InChI is InChI=1S/C17H13NO3/c1-18-10-14(17(20)21)16(19)13-9-12(7-8-15(13)18)11-5-3-2-4-6-11/h2-10H,1H3,(H,20,21). The number of carboxylic acids is 1. The molecule has 21 heavy (non-hydrogen) atoms. The molecule has 0 saturated heterocycles. The average molecular weight is 279 g/mol. The van der Waals surface area contributed by atoms with Gasteiger partial charge in [-0.05, 0) is 23.3 Å². The lowest BCUT2D eigenvalue weighted by atomic mass is 10.0. The summed E-state index contributed by atoms with van der Waals surface area (Å²) in [5.74, 6) is -1.21. The molecule has 0 aliphatic carbocycles. The van der Waals surface area contributed by atoms with Gasteiger partial charge in [0.05, 0.1) is 5.52 Å². The molecule has 0 bridgehead atoms. The van der Waals surface area contributed by atoms with Gasteiger partial charge in [0.2, 0.25) is 5.43 Å². The van der Waals surface area contributed by atoms with E-state index < -0.39 is 11.4 Å². The number of aryl methyl sites for hydroxylation is 1. The maximum atomic E-state index is 12.3. The quantitative estimate of drug-likeness (QED) is 0.784. The summed E-state index contributed by atoms with van der Waals surface area (Å²) < 4.78 is 1.66. The molecule has 0 saturated carbocycles. The molecule has 0 fully saturated rings. The van der Waals surface area contributed by atoms with Crippen molar-refractivity contribution >= 4 is 16.9 Å². The van der Waals surface area contributed by atoms with Crippen LogP contribution in [0.5, 0.6) is 0 Å². The zero-order chi connectivity index (χ0) is 15.0. The molecule has 3 aromatic rings. The van der Waals surface area contributed by atoms with Gasteiger partial charge in [0, 0.05) is 18.6 Å². The maximum Gasteiger partial charge on any atom is 0.341 e. The van der Waals surface area contributed by atoms with Crippen molar-refractivity contribution in [2.45, 2.75) is 0 Å². The Morgan fingerprint density at radius 3 is 2.43 bits per heavy atom. The van der Waals surface area contributed by atoms with Gasteiger partial charge < -0.3 is 9.67 Å². The van der Waals surface area contributed by atoms with Gasteiger partial charge in [-0.1, -0.05) is 36.4 Å². The number of carbonyl (C=O) groups is 1. The van der Waals surface area contributed by atoms with Gasteiger partial charge >= 0.3 is 5.97 Å². The smallest absolute Gasteiger partial charge is 0.341 e. The topological polar surface area (TPSA) is 59.3 Å². The number of pyridine rings is 1. The van der Waals surface area contributed by atoms with E-state index in [1.54, 1.807) is 17.7 Å². The Balaban J connectivity index is 2.33. The predicted molar refractivity (Wildman–Crippen MR) is 81.6 cm³/mol. The van der Waals surface area contributed by atoms with Crippen LogP contribution in [0, 0.1) is 0 Å². The summed E-state index contributed by atoms with van der Waals surface area (Å²) in [6.07, 6.45) is 1.36. The number of rotatable bonds is 2. The summed E-state index contributed by atoms with van der Waals surface area (Å²) in [5, 5.41) is 9.54. The second-order valence-corrected chi connectivity index (χ2v) is 4.89. The van der Waals surface area contributed by atoms with Crippen molar-refractivity contribution in [2.75, 3.05) is 0 Å². The fraction of sp³-hybridized carbons (Fsp3) is 0.0588. The van der Waals surface area contributed by atoms with Crippen LogP contribution in [0.15, 0.2) is 59.5 Å². The first-order valence-electron chi connectivity index (χ1n) is 6.50. The highest BCUT2D eigenvalue weighted by atomic mass is 16.4. The van der Waals surface area contributed by atoms with Crippen LogP contribution in [-0.4, -0.2) is 15.6 Å². The van der Waals surface area contributed by atoms with Gasteiger partial charge in [-0.25, -0.2) is 4.79 Å². The zero-order valence-corrected chi connectivity index (χ0v) is 11.4. The number of nitrogens with zero attached hydrogens (tertiary/aromatic N) is 1. The molecule has 4 heteroatoms. The van der Waals surface area contributed by atoms with E-state index in [4.69, 9.17) is 5.11 Å². The lowest BCUT2D eigenvalue weighted by molar-refractivity contribution is 0.0695. The number of hydrogen-bond acceptors (Lipinski definition) is 2. The summed E-state index contributed by atoms with van der Waals surface area (Å²) in [7, 11) is 1.73. The van der Waals surface area contributed by atoms with Gasteiger partial charge in [0.1, 0.15) is 5.56 Å². The van der Waals surface area contributed by atoms with Crippen LogP contribution in [-0.2, 0) is 7.05 Å². The van der Waals surface area contributed by atoms with E-state index in [9.17, 15) is 9.59 Å². The van der Waals surface area contributed by atoms with Crippen LogP contribution in [0.1, 0.15) is 10.4 Å². The van der Waals surface area contributed by atoms with Gasteiger partial charge in [-0.15, -0.1) is 0 Å². The normalized spacial score (nSPS) is 10.7. The SMILES string of the molecule is Cn1cc(C(=O)O)c(=O)c2cc(-c3ccccc3)ccc21.